The Labute approximate surface area is 154 Å². The Hall–Kier alpha value is -3.38. The number of carbonyl (C=O) groups is 1. The van der Waals surface area contributed by atoms with Crippen molar-refractivity contribution in [1.29, 1.82) is 0 Å². The number of fused-ring (bicyclic) bond motifs is 1. The zero-order chi connectivity index (χ0) is 18.1. The summed E-state index contributed by atoms with van der Waals surface area (Å²) in [4.78, 5) is 17.0. The maximum Gasteiger partial charge on any atom is 0.255 e. The number of nitrogens with two attached hydrogens (primary N) is 2. The van der Waals surface area contributed by atoms with Crippen molar-refractivity contribution in [3.8, 4) is 10.6 Å². The van der Waals surface area contributed by atoms with E-state index in [1.54, 1.807) is 29.5 Å². The molecular formula is C20H16N4OS. The lowest BCUT2D eigenvalue weighted by atomic mass is 10.1. The van der Waals surface area contributed by atoms with Crippen LogP contribution in [0.4, 0.5) is 17.1 Å². The number of nitrogen functional groups attached to an aromatic ring is 2. The molecule has 1 amide bonds. The summed E-state index contributed by atoms with van der Waals surface area (Å²) in [6.45, 7) is 0. The fraction of sp³-hybridized carbons (Fsp3) is 0. The molecule has 6 heteroatoms. The van der Waals surface area contributed by atoms with Gasteiger partial charge in [-0.3, -0.25) is 4.79 Å². The van der Waals surface area contributed by atoms with Gasteiger partial charge in [-0.2, -0.15) is 0 Å². The lowest BCUT2D eigenvalue weighted by molar-refractivity contribution is 0.102. The minimum absolute atomic E-state index is 0.253. The summed E-state index contributed by atoms with van der Waals surface area (Å²) in [7, 11) is 0. The van der Waals surface area contributed by atoms with Crippen LogP contribution in [0, 0.1) is 0 Å². The van der Waals surface area contributed by atoms with E-state index in [0.717, 1.165) is 20.8 Å². The Morgan fingerprint density at radius 3 is 2.31 bits per heavy atom. The fourth-order valence-electron chi connectivity index (χ4n) is 2.70. The molecule has 26 heavy (non-hydrogen) atoms. The van der Waals surface area contributed by atoms with Crippen LogP contribution in [0.15, 0.2) is 66.7 Å². The first-order valence-corrected chi connectivity index (χ1v) is 8.83. The van der Waals surface area contributed by atoms with Crippen LogP contribution in [0.2, 0.25) is 0 Å². The Balaban J connectivity index is 1.55. The zero-order valence-corrected chi connectivity index (χ0v) is 14.6. The zero-order valence-electron chi connectivity index (χ0n) is 13.8. The summed E-state index contributed by atoms with van der Waals surface area (Å²) in [5.74, 6) is -0.253. The lowest BCUT2D eigenvalue weighted by Crippen LogP contribution is -2.12. The average molecular weight is 360 g/mol. The van der Waals surface area contributed by atoms with Gasteiger partial charge in [-0.1, -0.05) is 12.1 Å². The van der Waals surface area contributed by atoms with Crippen molar-refractivity contribution >= 4 is 44.5 Å². The van der Waals surface area contributed by atoms with E-state index in [9.17, 15) is 4.79 Å². The molecule has 0 aliphatic carbocycles. The number of benzene rings is 3. The van der Waals surface area contributed by atoms with E-state index in [4.69, 9.17) is 11.5 Å². The predicted octanol–water partition coefficient (Wildman–Crippen LogP) is 4.38. The van der Waals surface area contributed by atoms with Crippen molar-refractivity contribution < 1.29 is 4.79 Å². The van der Waals surface area contributed by atoms with E-state index in [2.05, 4.69) is 16.4 Å². The van der Waals surface area contributed by atoms with E-state index in [1.165, 1.54) is 0 Å². The normalized spacial score (nSPS) is 10.8. The largest absolute Gasteiger partial charge is 0.399 e. The first-order chi connectivity index (χ1) is 12.6. The quantitative estimate of drug-likeness (QED) is 0.473. The lowest BCUT2D eigenvalue weighted by Gasteiger charge is -2.07. The average Bonchev–Trinajstić information content (AvgIpc) is 3.05. The number of anilines is 3. The molecule has 128 valence electrons. The molecule has 0 radical (unpaired) electrons. The van der Waals surface area contributed by atoms with Gasteiger partial charge in [-0.05, 0) is 54.6 Å². The van der Waals surface area contributed by atoms with Crippen LogP contribution >= 0.6 is 11.3 Å². The maximum absolute atomic E-state index is 12.4. The SMILES string of the molecule is Nc1cc(N)cc(C(=O)Nc2ccc(-c3nc4ccccc4s3)cc2)c1. The molecule has 0 bridgehead atoms. The van der Waals surface area contributed by atoms with Crippen LogP contribution in [-0.4, -0.2) is 10.9 Å². The molecule has 0 fully saturated rings. The summed E-state index contributed by atoms with van der Waals surface area (Å²) in [5, 5.41) is 3.80. The van der Waals surface area contributed by atoms with E-state index < -0.39 is 0 Å². The summed E-state index contributed by atoms with van der Waals surface area (Å²) in [6, 6.07) is 20.5. The van der Waals surface area contributed by atoms with Gasteiger partial charge in [0.1, 0.15) is 5.01 Å². The highest BCUT2D eigenvalue weighted by Gasteiger charge is 2.09. The van der Waals surface area contributed by atoms with Crippen LogP contribution < -0.4 is 16.8 Å². The third-order valence-electron chi connectivity index (χ3n) is 3.92. The van der Waals surface area contributed by atoms with Gasteiger partial charge < -0.3 is 16.8 Å². The second kappa shape index (κ2) is 6.50. The Kier molecular flexibility index (Phi) is 4.02. The predicted molar refractivity (Wildman–Crippen MR) is 108 cm³/mol. The standard InChI is InChI=1S/C20H16N4OS/c21-14-9-13(10-15(22)11-14)19(25)23-16-7-5-12(6-8-16)20-24-17-3-1-2-4-18(17)26-20/h1-11H,21-22H2,(H,23,25). The van der Waals surface area contributed by atoms with Gasteiger partial charge >= 0.3 is 0 Å². The number of aromatic nitrogens is 1. The molecule has 5 N–H and O–H groups in total. The van der Waals surface area contributed by atoms with Crippen LogP contribution in [0.25, 0.3) is 20.8 Å². The highest BCUT2D eigenvalue weighted by molar-refractivity contribution is 7.21. The summed E-state index contributed by atoms with van der Waals surface area (Å²) >= 11 is 1.64. The fourth-order valence-corrected chi connectivity index (χ4v) is 3.67. The first-order valence-electron chi connectivity index (χ1n) is 8.02. The molecule has 5 nitrogen and oxygen atoms in total. The van der Waals surface area contributed by atoms with Crippen LogP contribution in [0.1, 0.15) is 10.4 Å². The second-order valence-corrected chi connectivity index (χ2v) is 6.94. The number of hydrogen-bond acceptors (Lipinski definition) is 5. The topological polar surface area (TPSA) is 94.0 Å². The number of thiazole rings is 1. The number of nitrogens with zero attached hydrogens (tertiary/aromatic N) is 1. The van der Waals surface area contributed by atoms with Crippen molar-refractivity contribution in [2.24, 2.45) is 0 Å². The van der Waals surface area contributed by atoms with Crippen molar-refractivity contribution in [3.63, 3.8) is 0 Å². The van der Waals surface area contributed by atoms with Gasteiger partial charge in [0.05, 0.1) is 10.2 Å². The van der Waals surface area contributed by atoms with E-state index in [1.807, 2.05) is 42.5 Å². The number of hydrogen-bond donors (Lipinski definition) is 3. The van der Waals surface area contributed by atoms with Crippen molar-refractivity contribution in [3.05, 3.63) is 72.3 Å². The van der Waals surface area contributed by atoms with Gasteiger partial charge in [0.15, 0.2) is 0 Å². The molecule has 4 rings (SSSR count). The van der Waals surface area contributed by atoms with E-state index in [-0.39, 0.29) is 5.91 Å². The molecule has 0 unspecified atom stereocenters. The van der Waals surface area contributed by atoms with Crippen LogP contribution in [0.5, 0.6) is 0 Å². The van der Waals surface area contributed by atoms with Crippen molar-refractivity contribution in [2.45, 2.75) is 0 Å². The van der Waals surface area contributed by atoms with E-state index in [0.29, 0.717) is 22.6 Å². The van der Waals surface area contributed by atoms with Gasteiger partial charge in [0.2, 0.25) is 0 Å². The van der Waals surface area contributed by atoms with Gasteiger partial charge in [0.25, 0.3) is 5.91 Å². The molecular weight excluding hydrogens is 344 g/mol. The third-order valence-corrected chi connectivity index (χ3v) is 5.01. The Morgan fingerprint density at radius 2 is 1.62 bits per heavy atom. The molecule has 1 aromatic heterocycles. The monoisotopic (exact) mass is 360 g/mol. The van der Waals surface area contributed by atoms with Crippen molar-refractivity contribution in [1.82, 2.24) is 4.98 Å². The van der Waals surface area contributed by atoms with Gasteiger partial charge in [0, 0.05) is 28.2 Å². The number of para-hydroxylation sites is 1. The van der Waals surface area contributed by atoms with Crippen LogP contribution in [0.3, 0.4) is 0 Å². The minimum atomic E-state index is -0.253. The second-order valence-electron chi connectivity index (χ2n) is 5.91. The van der Waals surface area contributed by atoms with Gasteiger partial charge in [-0.25, -0.2) is 4.98 Å². The smallest absolute Gasteiger partial charge is 0.255 e. The number of amides is 1. The molecule has 0 aliphatic heterocycles. The first kappa shape index (κ1) is 16.1. The molecule has 0 atom stereocenters. The molecule has 0 aliphatic rings. The highest BCUT2D eigenvalue weighted by atomic mass is 32.1. The molecule has 3 aromatic carbocycles. The maximum atomic E-state index is 12.4. The summed E-state index contributed by atoms with van der Waals surface area (Å²) in [6.07, 6.45) is 0. The number of carbonyl (C=O) groups excluding carboxylic acids is 1. The Bertz CT molecular complexity index is 1050. The number of nitrogens with one attached hydrogen (secondary N) is 1. The number of rotatable bonds is 3. The van der Waals surface area contributed by atoms with Crippen molar-refractivity contribution in [2.75, 3.05) is 16.8 Å². The van der Waals surface area contributed by atoms with Gasteiger partial charge in [-0.15, -0.1) is 11.3 Å². The minimum Gasteiger partial charge on any atom is -0.399 e. The Morgan fingerprint density at radius 1 is 0.923 bits per heavy atom. The summed E-state index contributed by atoms with van der Waals surface area (Å²) in [5.41, 5.74) is 15.5. The molecule has 1 heterocycles. The molecule has 0 saturated heterocycles. The third kappa shape index (κ3) is 3.22. The molecule has 0 saturated carbocycles. The molecule has 4 aromatic rings. The van der Waals surface area contributed by atoms with E-state index >= 15 is 0 Å². The van der Waals surface area contributed by atoms with Crippen LogP contribution in [-0.2, 0) is 0 Å². The molecule has 0 spiro atoms. The summed E-state index contributed by atoms with van der Waals surface area (Å²) < 4.78 is 1.15. The highest BCUT2D eigenvalue weighted by Crippen LogP contribution is 2.30.